The van der Waals surface area contributed by atoms with Crippen molar-refractivity contribution in [2.45, 2.75) is 13.0 Å². The molecule has 14 heavy (non-hydrogen) atoms. The van der Waals surface area contributed by atoms with Crippen LogP contribution in [0.5, 0.6) is 0 Å². The van der Waals surface area contributed by atoms with Crippen LogP contribution in [0, 0.1) is 5.82 Å². The van der Waals surface area contributed by atoms with Crippen LogP contribution in [0.2, 0.25) is 0 Å². The highest BCUT2D eigenvalue weighted by Gasteiger charge is 2.12. The van der Waals surface area contributed by atoms with Gasteiger partial charge in [-0.25, -0.2) is 4.39 Å². The lowest BCUT2D eigenvalue weighted by Gasteiger charge is -2.08. The highest BCUT2D eigenvalue weighted by molar-refractivity contribution is 5.99. The fourth-order valence-corrected chi connectivity index (χ4v) is 1.02. The van der Waals surface area contributed by atoms with E-state index in [9.17, 15) is 9.18 Å². The van der Waals surface area contributed by atoms with E-state index in [0.29, 0.717) is 5.56 Å². The number of halogens is 2. The van der Waals surface area contributed by atoms with Gasteiger partial charge < -0.3 is 5.32 Å². The Morgan fingerprint density at radius 2 is 2.14 bits per heavy atom. The van der Waals surface area contributed by atoms with E-state index in [4.69, 9.17) is 0 Å². The number of ketones is 1. The maximum Gasteiger partial charge on any atom is 0.179 e. The zero-order valence-corrected chi connectivity index (χ0v) is 8.90. The SMILES string of the molecule is CNC(C)C(=O)c1cccc(F)c1.Cl. The number of carbonyl (C=O) groups excluding carboxylic acids is 1. The van der Waals surface area contributed by atoms with Gasteiger partial charge in [0, 0.05) is 5.56 Å². The standard InChI is InChI=1S/C10H12FNO.ClH/c1-7(12-2)10(13)8-4-3-5-9(11)6-8;/h3-7,12H,1-2H3;1H. The van der Waals surface area contributed by atoms with E-state index in [1.54, 1.807) is 20.0 Å². The summed E-state index contributed by atoms with van der Waals surface area (Å²) in [5, 5.41) is 2.81. The average molecular weight is 218 g/mol. The quantitative estimate of drug-likeness (QED) is 0.786. The molecule has 0 bridgehead atoms. The molecule has 4 heteroatoms. The molecule has 0 aromatic heterocycles. The van der Waals surface area contributed by atoms with Gasteiger partial charge in [0.15, 0.2) is 5.78 Å². The average Bonchev–Trinajstić information content (AvgIpc) is 2.15. The molecule has 78 valence electrons. The molecule has 1 atom stereocenters. The van der Waals surface area contributed by atoms with Gasteiger partial charge in [0.1, 0.15) is 5.82 Å². The normalized spacial score (nSPS) is 11.6. The van der Waals surface area contributed by atoms with Gasteiger partial charge in [0.05, 0.1) is 6.04 Å². The van der Waals surface area contributed by atoms with Crippen LogP contribution in [0.4, 0.5) is 4.39 Å². The number of carbonyl (C=O) groups is 1. The summed E-state index contributed by atoms with van der Waals surface area (Å²) in [5.74, 6) is -0.476. The molecule has 1 rings (SSSR count). The molecule has 0 fully saturated rings. The Labute approximate surface area is 88.9 Å². The Morgan fingerprint density at radius 1 is 1.50 bits per heavy atom. The van der Waals surface area contributed by atoms with Crippen LogP contribution in [0.3, 0.4) is 0 Å². The van der Waals surface area contributed by atoms with Gasteiger partial charge in [0.2, 0.25) is 0 Å². The molecule has 0 aliphatic rings. The van der Waals surface area contributed by atoms with Crippen LogP contribution in [0.15, 0.2) is 24.3 Å². The molecule has 0 saturated heterocycles. The van der Waals surface area contributed by atoms with E-state index in [1.165, 1.54) is 18.2 Å². The van der Waals surface area contributed by atoms with Crippen LogP contribution in [-0.4, -0.2) is 18.9 Å². The summed E-state index contributed by atoms with van der Waals surface area (Å²) >= 11 is 0. The number of benzene rings is 1. The van der Waals surface area contributed by atoms with Crippen molar-refractivity contribution in [3.05, 3.63) is 35.6 Å². The Bertz CT molecular complexity index is 317. The van der Waals surface area contributed by atoms with Crippen LogP contribution >= 0.6 is 12.4 Å². The summed E-state index contributed by atoms with van der Waals surface area (Å²) in [6.07, 6.45) is 0. The van der Waals surface area contributed by atoms with Crippen molar-refractivity contribution >= 4 is 18.2 Å². The highest BCUT2D eigenvalue weighted by atomic mass is 35.5. The van der Waals surface area contributed by atoms with Crippen LogP contribution in [-0.2, 0) is 0 Å². The van der Waals surface area contributed by atoms with Crippen molar-refractivity contribution in [1.29, 1.82) is 0 Å². The van der Waals surface area contributed by atoms with E-state index < -0.39 is 0 Å². The maximum absolute atomic E-state index is 12.7. The highest BCUT2D eigenvalue weighted by Crippen LogP contribution is 2.06. The van der Waals surface area contributed by atoms with Crippen molar-refractivity contribution in [2.75, 3.05) is 7.05 Å². The molecular formula is C10H13ClFNO. The van der Waals surface area contributed by atoms with Gasteiger partial charge in [-0.3, -0.25) is 4.79 Å². The molecule has 1 unspecified atom stereocenters. The summed E-state index contributed by atoms with van der Waals surface area (Å²) in [6.45, 7) is 1.74. The number of hydrogen-bond acceptors (Lipinski definition) is 2. The number of hydrogen-bond donors (Lipinski definition) is 1. The van der Waals surface area contributed by atoms with Gasteiger partial charge in [-0.1, -0.05) is 12.1 Å². The Morgan fingerprint density at radius 3 is 2.64 bits per heavy atom. The van der Waals surface area contributed by atoms with Crippen molar-refractivity contribution in [1.82, 2.24) is 5.32 Å². The second-order valence-corrected chi connectivity index (χ2v) is 2.88. The molecule has 1 N–H and O–H groups in total. The molecule has 1 aromatic carbocycles. The van der Waals surface area contributed by atoms with E-state index in [0.717, 1.165) is 0 Å². The van der Waals surface area contributed by atoms with Gasteiger partial charge in [0.25, 0.3) is 0 Å². The smallest absolute Gasteiger partial charge is 0.179 e. The largest absolute Gasteiger partial charge is 0.310 e. The number of Topliss-reactive ketones (excluding diaryl/α,β-unsaturated/α-hetero) is 1. The number of nitrogens with one attached hydrogen (secondary N) is 1. The Hall–Kier alpha value is -0.930. The first-order valence-electron chi connectivity index (χ1n) is 4.12. The van der Waals surface area contributed by atoms with E-state index in [1.807, 2.05) is 0 Å². The Balaban J connectivity index is 0.00000169. The zero-order chi connectivity index (χ0) is 9.84. The molecule has 0 heterocycles. The lowest BCUT2D eigenvalue weighted by atomic mass is 10.1. The van der Waals surface area contributed by atoms with E-state index >= 15 is 0 Å². The van der Waals surface area contributed by atoms with Crippen LogP contribution in [0.25, 0.3) is 0 Å². The lowest BCUT2D eigenvalue weighted by Crippen LogP contribution is -2.30. The third kappa shape index (κ3) is 3.09. The summed E-state index contributed by atoms with van der Waals surface area (Å²) in [6, 6.07) is 5.43. The number of rotatable bonds is 3. The van der Waals surface area contributed by atoms with Gasteiger partial charge in [-0.2, -0.15) is 0 Å². The van der Waals surface area contributed by atoms with Gasteiger partial charge in [-0.15, -0.1) is 12.4 Å². The minimum Gasteiger partial charge on any atom is -0.310 e. The molecule has 0 aliphatic carbocycles. The van der Waals surface area contributed by atoms with E-state index in [2.05, 4.69) is 5.32 Å². The lowest BCUT2D eigenvalue weighted by molar-refractivity contribution is 0.0954. The predicted molar refractivity (Wildman–Crippen MR) is 56.5 cm³/mol. The summed E-state index contributed by atoms with van der Waals surface area (Å²) in [7, 11) is 1.70. The Kier molecular flexibility index (Phi) is 5.35. The first-order chi connectivity index (χ1) is 6.15. The molecule has 2 nitrogen and oxygen atoms in total. The van der Waals surface area contributed by atoms with Gasteiger partial charge >= 0.3 is 0 Å². The molecule has 1 aromatic rings. The van der Waals surface area contributed by atoms with Crippen molar-refractivity contribution in [3.63, 3.8) is 0 Å². The van der Waals surface area contributed by atoms with Gasteiger partial charge in [-0.05, 0) is 26.1 Å². The molecule has 0 saturated carbocycles. The zero-order valence-electron chi connectivity index (χ0n) is 8.08. The summed E-state index contributed by atoms with van der Waals surface area (Å²) < 4.78 is 12.7. The maximum atomic E-state index is 12.7. The first-order valence-corrected chi connectivity index (χ1v) is 4.12. The fraction of sp³-hybridized carbons (Fsp3) is 0.300. The van der Waals surface area contributed by atoms with Crippen LogP contribution < -0.4 is 5.32 Å². The number of likely N-dealkylation sites (N-methyl/N-ethyl adjacent to an activating group) is 1. The monoisotopic (exact) mass is 217 g/mol. The summed E-state index contributed by atoms with van der Waals surface area (Å²) in [4.78, 5) is 11.5. The fourth-order valence-electron chi connectivity index (χ4n) is 1.02. The predicted octanol–water partition coefficient (Wildman–Crippen LogP) is 2.04. The van der Waals surface area contributed by atoms with E-state index in [-0.39, 0.29) is 30.0 Å². The second-order valence-electron chi connectivity index (χ2n) is 2.88. The first kappa shape index (κ1) is 13.1. The third-order valence-electron chi connectivity index (χ3n) is 1.94. The molecule has 0 amide bonds. The molecular weight excluding hydrogens is 205 g/mol. The van der Waals surface area contributed by atoms with Crippen molar-refractivity contribution < 1.29 is 9.18 Å². The topological polar surface area (TPSA) is 29.1 Å². The van der Waals surface area contributed by atoms with Crippen molar-refractivity contribution in [2.24, 2.45) is 0 Å². The third-order valence-corrected chi connectivity index (χ3v) is 1.94. The summed E-state index contributed by atoms with van der Waals surface area (Å²) in [5.41, 5.74) is 0.404. The minimum atomic E-state index is -0.380. The molecule has 0 radical (unpaired) electrons. The molecule has 0 spiro atoms. The molecule has 0 aliphatic heterocycles. The minimum absolute atomic E-state index is 0. The second kappa shape index (κ2) is 5.73. The van der Waals surface area contributed by atoms with Crippen molar-refractivity contribution in [3.8, 4) is 0 Å². The van der Waals surface area contributed by atoms with Crippen LogP contribution in [0.1, 0.15) is 17.3 Å².